The third-order valence-corrected chi connectivity index (χ3v) is 3.72. The van der Waals surface area contributed by atoms with Crippen LogP contribution in [0.3, 0.4) is 0 Å². The monoisotopic (exact) mass is 351 g/mol. The third kappa shape index (κ3) is 4.29. The molecule has 2 aromatic carbocycles. The Morgan fingerprint density at radius 3 is 2.67 bits per heavy atom. The SMILES string of the molecule is Cc1cccc(CC(C)N)c1OCc1ccc(Br)cc1F. The highest BCUT2D eigenvalue weighted by Crippen LogP contribution is 2.26. The highest BCUT2D eigenvalue weighted by atomic mass is 79.9. The average Bonchev–Trinajstić information content (AvgIpc) is 2.39. The molecule has 0 aromatic heterocycles. The molecule has 112 valence electrons. The Bertz CT molecular complexity index is 628. The van der Waals surface area contributed by atoms with E-state index >= 15 is 0 Å². The van der Waals surface area contributed by atoms with Crippen LogP contribution in [0.2, 0.25) is 0 Å². The van der Waals surface area contributed by atoms with Gasteiger partial charge in [0.15, 0.2) is 0 Å². The lowest BCUT2D eigenvalue weighted by molar-refractivity contribution is 0.294. The van der Waals surface area contributed by atoms with Crippen molar-refractivity contribution in [2.45, 2.75) is 32.9 Å². The Balaban J connectivity index is 2.19. The minimum atomic E-state index is -0.272. The van der Waals surface area contributed by atoms with Crippen LogP contribution in [0.1, 0.15) is 23.6 Å². The first-order valence-corrected chi connectivity index (χ1v) is 7.67. The summed E-state index contributed by atoms with van der Waals surface area (Å²) in [6, 6.07) is 11.0. The van der Waals surface area contributed by atoms with E-state index in [2.05, 4.69) is 15.9 Å². The highest BCUT2D eigenvalue weighted by Gasteiger charge is 2.10. The fourth-order valence-corrected chi connectivity index (χ4v) is 2.55. The molecular weight excluding hydrogens is 333 g/mol. The van der Waals surface area contributed by atoms with Gasteiger partial charge in [-0.1, -0.05) is 40.2 Å². The molecule has 0 heterocycles. The van der Waals surface area contributed by atoms with Crippen LogP contribution in [0.5, 0.6) is 5.75 Å². The third-order valence-electron chi connectivity index (χ3n) is 3.22. The number of benzene rings is 2. The van der Waals surface area contributed by atoms with E-state index in [1.807, 2.05) is 38.1 Å². The largest absolute Gasteiger partial charge is 0.488 e. The highest BCUT2D eigenvalue weighted by molar-refractivity contribution is 9.10. The molecule has 4 heteroatoms. The zero-order valence-corrected chi connectivity index (χ0v) is 13.8. The molecule has 0 saturated heterocycles. The molecule has 1 unspecified atom stereocenters. The average molecular weight is 352 g/mol. The van der Waals surface area contributed by atoms with Crippen molar-refractivity contribution in [2.75, 3.05) is 0 Å². The van der Waals surface area contributed by atoms with Crippen molar-refractivity contribution < 1.29 is 9.13 Å². The van der Waals surface area contributed by atoms with Crippen LogP contribution in [0.25, 0.3) is 0 Å². The van der Waals surface area contributed by atoms with Gasteiger partial charge in [-0.05, 0) is 43.5 Å². The van der Waals surface area contributed by atoms with E-state index in [1.165, 1.54) is 6.07 Å². The minimum Gasteiger partial charge on any atom is -0.488 e. The lowest BCUT2D eigenvalue weighted by atomic mass is 10.0. The number of hydrogen-bond donors (Lipinski definition) is 1. The summed E-state index contributed by atoms with van der Waals surface area (Å²) in [6.45, 7) is 4.15. The normalized spacial score (nSPS) is 12.2. The van der Waals surface area contributed by atoms with E-state index in [1.54, 1.807) is 6.07 Å². The van der Waals surface area contributed by atoms with Gasteiger partial charge in [0.1, 0.15) is 18.2 Å². The molecule has 2 aromatic rings. The summed E-state index contributed by atoms with van der Waals surface area (Å²) < 4.78 is 20.4. The van der Waals surface area contributed by atoms with Gasteiger partial charge in [0.2, 0.25) is 0 Å². The number of ether oxygens (including phenoxy) is 1. The van der Waals surface area contributed by atoms with E-state index in [4.69, 9.17) is 10.5 Å². The van der Waals surface area contributed by atoms with Crippen LogP contribution < -0.4 is 10.5 Å². The maximum atomic E-state index is 13.8. The lowest BCUT2D eigenvalue weighted by Gasteiger charge is -2.16. The fourth-order valence-electron chi connectivity index (χ4n) is 2.22. The van der Waals surface area contributed by atoms with E-state index in [0.717, 1.165) is 27.8 Å². The molecule has 0 radical (unpaired) electrons. The number of nitrogens with two attached hydrogens (primary N) is 1. The van der Waals surface area contributed by atoms with Gasteiger partial charge in [0, 0.05) is 16.1 Å². The smallest absolute Gasteiger partial charge is 0.130 e. The first kappa shape index (κ1) is 16.0. The van der Waals surface area contributed by atoms with E-state index in [0.29, 0.717) is 5.56 Å². The summed E-state index contributed by atoms with van der Waals surface area (Å²) in [4.78, 5) is 0. The molecule has 0 aliphatic carbocycles. The molecule has 1 atom stereocenters. The summed E-state index contributed by atoms with van der Waals surface area (Å²) in [5.74, 6) is 0.531. The quantitative estimate of drug-likeness (QED) is 0.868. The summed E-state index contributed by atoms with van der Waals surface area (Å²) in [5, 5.41) is 0. The maximum Gasteiger partial charge on any atom is 0.130 e. The van der Waals surface area contributed by atoms with Gasteiger partial charge in [0.25, 0.3) is 0 Å². The van der Waals surface area contributed by atoms with Gasteiger partial charge >= 0.3 is 0 Å². The first-order chi connectivity index (χ1) is 9.97. The van der Waals surface area contributed by atoms with Crippen LogP contribution >= 0.6 is 15.9 Å². The van der Waals surface area contributed by atoms with E-state index in [-0.39, 0.29) is 18.5 Å². The van der Waals surface area contributed by atoms with Gasteiger partial charge in [0.05, 0.1) is 0 Å². The molecule has 0 fully saturated rings. The van der Waals surface area contributed by atoms with Crippen molar-refractivity contribution in [2.24, 2.45) is 5.73 Å². The predicted molar refractivity (Wildman–Crippen MR) is 87.0 cm³/mol. The molecule has 0 saturated carbocycles. The van der Waals surface area contributed by atoms with Crippen molar-refractivity contribution in [1.29, 1.82) is 0 Å². The van der Waals surface area contributed by atoms with Gasteiger partial charge in [-0.15, -0.1) is 0 Å². The van der Waals surface area contributed by atoms with Crippen molar-refractivity contribution >= 4 is 15.9 Å². The maximum absolute atomic E-state index is 13.8. The molecule has 0 aliphatic heterocycles. The van der Waals surface area contributed by atoms with E-state index < -0.39 is 0 Å². The van der Waals surface area contributed by atoms with Crippen LogP contribution in [0, 0.1) is 12.7 Å². The van der Waals surface area contributed by atoms with Gasteiger partial charge in [-0.3, -0.25) is 0 Å². The number of aryl methyl sites for hydroxylation is 1. The Kier molecular flexibility index (Phi) is 5.37. The lowest BCUT2D eigenvalue weighted by Crippen LogP contribution is -2.18. The van der Waals surface area contributed by atoms with Crippen LogP contribution in [0.15, 0.2) is 40.9 Å². The van der Waals surface area contributed by atoms with Crippen molar-refractivity contribution in [3.8, 4) is 5.75 Å². The standard InChI is InChI=1S/C17H19BrFNO/c1-11-4-3-5-13(8-12(2)20)17(11)21-10-14-6-7-15(18)9-16(14)19/h3-7,9,12H,8,10,20H2,1-2H3. The van der Waals surface area contributed by atoms with Crippen molar-refractivity contribution in [3.63, 3.8) is 0 Å². The number of halogens is 2. The summed E-state index contributed by atoms with van der Waals surface area (Å²) in [6.07, 6.45) is 0.736. The van der Waals surface area contributed by atoms with Crippen LogP contribution in [0.4, 0.5) is 4.39 Å². The summed E-state index contributed by atoms with van der Waals surface area (Å²) in [5.41, 5.74) is 8.50. The van der Waals surface area contributed by atoms with Gasteiger partial charge < -0.3 is 10.5 Å². The number of hydrogen-bond acceptors (Lipinski definition) is 2. The Labute approximate surface area is 133 Å². The molecule has 21 heavy (non-hydrogen) atoms. The molecular formula is C17H19BrFNO. The first-order valence-electron chi connectivity index (χ1n) is 6.88. The Hall–Kier alpha value is -1.39. The van der Waals surface area contributed by atoms with Crippen LogP contribution in [-0.4, -0.2) is 6.04 Å². The summed E-state index contributed by atoms with van der Waals surface area (Å²) >= 11 is 3.25. The summed E-state index contributed by atoms with van der Waals surface area (Å²) in [7, 11) is 0. The Morgan fingerprint density at radius 2 is 2.00 bits per heavy atom. The number of para-hydroxylation sites is 1. The molecule has 2 rings (SSSR count). The van der Waals surface area contributed by atoms with Crippen LogP contribution in [-0.2, 0) is 13.0 Å². The minimum absolute atomic E-state index is 0.0542. The second kappa shape index (κ2) is 7.05. The van der Waals surface area contributed by atoms with E-state index in [9.17, 15) is 4.39 Å². The van der Waals surface area contributed by atoms with Gasteiger partial charge in [-0.25, -0.2) is 4.39 Å². The molecule has 2 N–H and O–H groups in total. The zero-order chi connectivity index (χ0) is 15.4. The molecule has 0 spiro atoms. The molecule has 0 bridgehead atoms. The molecule has 2 nitrogen and oxygen atoms in total. The fraction of sp³-hybridized carbons (Fsp3) is 0.294. The topological polar surface area (TPSA) is 35.2 Å². The van der Waals surface area contributed by atoms with Crippen molar-refractivity contribution in [3.05, 3.63) is 63.4 Å². The van der Waals surface area contributed by atoms with Crippen molar-refractivity contribution in [1.82, 2.24) is 0 Å². The molecule has 0 aliphatic rings. The second-order valence-corrected chi connectivity index (χ2v) is 6.18. The predicted octanol–water partition coefficient (Wildman–Crippen LogP) is 4.37. The second-order valence-electron chi connectivity index (χ2n) is 5.27. The number of rotatable bonds is 5. The zero-order valence-electron chi connectivity index (χ0n) is 12.2. The Morgan fingerprint density at radius 1 is 1.24 bits per heavy atom. The van der Waals surface area contributed by atoms with Gasteiger partial charge in [-0.2, -0.15) is 0 Å². The molecule has 0 amide bonds.